The van der Waals surface area contributed by atoms with Gasteiger partial charge in [-0.05, 0) is 42.7 Å². The number of nitrogens with zero attached hydrogens (tertiary/aromatic N) is 5. The van der Waals surface area contributed by atoms with E-state index in [9.17, 15) is 13.8 Å². The monoisotopic (exact) mass is 474 g/mol. The third kappa shape index (κ3) is 4.17. The quantitative estimate of drug-likeness (QED) is 0.522. The van der Waals surface area contributed by atoms with Crippen molar-refractivity contribution < 1.29 is 13.8 Å². The maximum Gasteiger partial charge on any atom is 0.269 e. The van der Waals surface area contributed by atoms with E-state index in [4.69, 9.17) is 11.6 Å². The van der Waals surface area contributed by atoms with Gasteiger partial charge in [0.1, 0.15) is 17.2 Å². The lowest BCUT2D eigenvalue weighted by Crippen LogP contribution is -2.57. The topological polar surface area (TPSA) is 108 Å². The second-order valence-corrected chi connectivity index (χ2v) is 9.52. The van der Waals surface area contributed by atoms with Gasteiger partial charge in [0.25, 0.3) is 5.91 Å². The standard InChI is InChI=1S/C21H23ClN6O3S/c1-4-19(29)27-10-17(28(32(3)31)21(11-27)5-6-21)13-7-15(26-18(22)8-13)14-9-16(20(30)23-2)25-12-24-14/h4,7-9,12,17H,1,5-6,10-11H2,2-3H3,(H,23,30)/t17?,32-/m1/s1. The molecule has 0 bridgehead atoms. The third-order valence-corrected chi connectivity index (χ3v) is 7.20. The van der Waals surface area contributed by atoms with Crippen molar-refractivity contribution in [3.63, 3.8) is 0 Å². The summed E-state index contributed by atoms with van der Waals surface area (Å²) in [4.78, 5) is 38.8. The van der Waals surface area contributed by atoms with Gasteiger partial charge in [-0.1, -0.05) is 18.2 Å². The molecule has 1 N–H and O–H groups in total. The summed E-state index contributed by atoms with van der Waals surface area (Å²) in [5.41, 5.74) is 1.54. The Balaban J connectivity index is 1.77. The van der Waals surface area contributed by atoms with Crippen molar-refractivity contribution in [1.29, 1.82) is 0 Å². The number of rotatable bonds is 5. The highest BCUT2D eigenvalue weighted by Crippen LogP contribution is 2.50. The van der Waals surface area contributed by atoms with Gasteiger partial charge in [0, 0.05) is 26.4 Å². The summed E-state index contributed by atoms with van der Waals surface area (Å²) in [7, 11) is 0.259. The number of halogens is 1. The molecule has 11 heteroatoms. The fourth-order valence-electron chi connectivity index (χ4n) is 4.21. The highest BCUT2D eigenvalue weighted by Gasteiger charge is 2.57. The molecular formula is C21H23ClN6O3S. The fourth-order valence-corrected chi connectivity index (χ4v) is 5.75. The summed E-state index contributed by atoms with van der Waals surface area (Å²) < 4.78 is 14.8. The van der Waals surface area contributed by atoms with Crippen LogP contribution in [-0.2, 0) is 15.8 Å². The van der Waals surface area contributed by atoms with Crippen LogP contribution in [0.3, 0.4) is 0 Å². The molecule has 9 nitrogen and oxygen atoms in total. The Kier molecular flexibility index (Phi) is 6.11. The predicted molar refractivity (Wildman–Crippen MR) is 121 cm³/mol. The molecule has 32 heavy (non-hydrogen) atoms. The SMILES string of the molecule is C=CC(=O)N1CC(c2cc(Cl)nc(-c3cc(C(=O)NC)ncn3)c2)N([S@@](C)=O)C2(CC2)C1. The minimum atomic E-state index is -1.26. The maximum absolute atomic E-state index is 12.8. The van der Waals surface area contributed by atoms with Crippen LogP contribution in [0.2, 0.25) is 5.15 Å². The Bertz CT molecular complexity index is 1120. The molecule has 1 spiro atoms. The highest BCUT2D eigenvalue weighted by atomic mass is 35.5. The lowest BCUT2D eigenvalue weighted by molar-refractivity contribution is -0.129. The molecule has 2 fully saturated rings. The van der Waals surface area contributed by atoms with Gasteiger partial charge in [0.05, 0.1) is 34.0 Å². The first-order valence-corrected chi connectivity index (χ1v) is 11.9. The molecule has 0 aromatic carbocycles. The number of carbonyl (C=O) groups excluding carboxylic acids is 2. The average molecular weight is 475 g/mol. The molecule has 1 unspecified atom stereocenters. The zero-order chi connectivity index (χ0) is 23.0. The fraction of sp³-hybridized carbons (Fsp3) is 0.381. The molecule has 3 heterocycles. The minimum absolute atomic E-state index is 0.158. The third-order valence-electron chi connectivity index (χ3n) is 5.81. The van der Waals surface area contributed by atoms with Crippen LogP contribution in [0.4, 0.5) is 0 Å². The van der Waals surface area contributed by atoms with E-state index in [0.717, 1.165) is 18.4 Å². The Morgan fingerprint density at radius 3 is 2.66 bits per heavy atom. The summed E-state index contributed by atoms with van der Waals surface area (Å²) in [5, 5.41) is 2.76. The number of pyridine rings is 1. The number of hydrogen-bond donors (Lipinski definition) is 1. The van der Waals surface area contributed by atoms with Gasteiger partial charge < -0.3 is 10.2 Å². The van der Waals surface area contributed by atoms with Gasteiger partial charge in [0.2, 0.25) is 5.91 Å². The van der Waals surface area contributed by atoms with E-state index in [2.05, 4.69) is 26.8 Å². The number of piperazine rings is 1. The average Bonchev–Trinajstić information content (AvgIpc) is 3.55. The van der Waals surface area contributed by atoms with E-state index < -0.39 is 11.0 Å². The largest absolute Gasteiger partial charge is 0.354 e. The van der Waals surface area contributed by atoms with Gasteiger partial charge in [-0.25, -0.2) is 23.5 Å². The van der Waals surface area contributed by atoms with Crippen LogP contribution in [0.25, 0.3) is 11.4 Å². The first-order valence-electron chi connectivity index (χ1n) is 10.0. The first-order chi connectivity index (χ1) is 15.3. The van der Waals surface area contributed by atoms with Gasteiger partial charge in [-0.3, -0.25) is 9.59 Å². The van der Waals surface area contributed by atoms with Crippen molar-refractivity contribution in [2.45, 2.75) is 24.4 Å². The number of amides is 2. The van der Waals surface area contributed by atoms with E-state index in [-0.39, 0.29) is 34.2 Å². The van der Waals surface area contributed by atoms with Crippen LogP contribution in [0.15, 0.2) is 37.2 Å². The predicted octanol–water partition coefficient (Wildman–Crippen LogP) is 1.75. The molecule has 1 aliphatic carbocycles. The van der Waals surface area contributed by atoms with Crippen LogP contribution in [0, 0.1) is 0 Å². The number of hydrogen-bond acceptors (Lipinski definition) is 6. The Morgan fingerprint density at radius 2 is 2.03 bits per heavy atom. The van der Waals surface area contributed by atoms with Gasteiger partial charge in [-0.2, -0.15) is 0 Å². The Morgan fingerprint density at radius 1 is 1.28 bits per heavy atom. The Labute approximate surface area is 193 Å². The van der Waals surface area contributed by atoms with E-state index >= 15 is 0 Å². The second-order valence-electron chi connectivity index (χ2n) is 7.89. The molecule has 2 aromatic rings. The van der Waals surface area contributed by atoms with Crippen molar-refractivity contribution in [1.82, 2.24) is 29.5 Å². The zero-order valence-corrected chi connectivity index (χ0v) is 19.3. The summed E-state index contributed by atoms with van der Waals surface area (Å²) >= 11 is 6.36. The number of aromatic nitrogens is 3. The van der Waals surface area contributed by atoms with E-state index in [1.807, 2.05) is 10.4 Å². The van der Waals surface area contributed by atoms with E-state index in [1.54, 1.807) is 17.2 Å². The minimum Gasteiger partial charge on any atom is -0.354 e. The lowest BCUT2D eigenvalue weighted by atomic mass is 10.00. The van der Waals surface area contributed by atoms with Gasteiger partial charge in [-0.15, -0.1) is 0 Å². The van der Waals surface area contributed by atoms with Gasteiger partial charge >= 0.3 is 0 Å². The van der Waals surface area contributed by atoms with Crippen molar-refractivity contribution in [3.05, 3.63) is 53.6 Å². The zero-order valence-electron chi connectivity index (χ0n) is 17.7. The maximum atomic E-state index is 12.8. The summed E-state index contributed by atoms with van der Waals surface area (Å²) in [6.07, 6.45) is 5.97. The van der Waals surface area contributed by atoms with Crippen molar-refractivity contribution in [2.24, 2.45) is 0 Å². The lowest BCUT2D eigenvalue weighted by Gasteiger charge is -2.46. The van der Waals surface area contributed by atoms with Crippen LogP contribution in [-0.4, -0.2) is 72.1 Å². The highest BCUT2D eigenvalue weighted by molar-refractivity contribution is 7.81. The summed E-state index contributed by atoms with van der Waals surface area (Å²) in [6, 6.07) is 4.72. The van der Waals surface area contributed by atoms with Crippen LogP contribution in [0.1, 0.15) is 34.9 Å². The van der Waals surface area contributed by atoms with Crippen molar-refractivity contribution in [2.75, 3.05) is 26.4 Å². The first kappa shape index (κ1) is 22.5. The molecule has 4 rings (SSSR count). The van der Waals surface area contributed by atoms with Crippen molar-refractivity contribution >= 4 is 34.4 Å². The molecule has 1 saturated heterocycles. The molecule has 2 atom stereocenters. The van der Waals surface area contributed by atoms with Crippen LogP contribution >= 0.6 is 11.6 Å². The molecular weight excluding hydrogens is 452 g/mol. The normalized spacial score (nSPS) is 20.6. The molecule has 1 aliphatic heterocycles. The van der Waals surface area contributed by atoms with Gasteiger partial charge in [0.15, 0.2) is 0 Å². The van der Waals surface area contributed by atoms with E-state index in [1.165, 1.54) is 25.5 Å². The molecule has 0 radical (unpaired) electrons. The van der Waals surface area contributed by atoms with Crippen LogP contribution in [0.5, 0.6) is 0 Å². The summed E-state index contributed by atoms with van der Waals surface area (Å²) in [6.45, 7) is 4.47. The molecule has 2 aromatic heterocycles. The smallest absolute Gasteiger partial charge is 0.269 e. The number of nitrogens with one attached hydrogen (secondary N) is 1. The molecule has 2 aliphatic rings. The van der Waals surface area contributed by atoms with Crippen LogP contribution < -0.4 is 5.32 Å². The van der Waals surface area contributed by atoms with E-state index in [0.29, 0.717) is 24.5 Å². The molecule has 168 valence electrons. The summed E-state index contributed by atoms with van der Waals surface area (Å²) in [5.74, 6) is -0.501. The number of carbonyl (C=O) groups is 2. The molecule has 2 amide bonds. The molecule has 1 saturated carbocycles. The van der Waals surface area contributed by atoms with Crippen molar-refractivity contribution in [3.8, 4) is 11.4 Å². The second kappa shape index (κ2) is 8.68. The Hall–Kier alpha value is -2.69.